The van der Waals surface area contributed by atoms with E-state index in [4.69, 9.17) is 5.73 Å². The second-order valence-electron chi connectivity index (χ2n) is 7.00. The number of thiazole rings is 1. The van der Waals surface area contributed by atoms with Gasteiger partial charge in [0.15, 0.2) is 5.13 Å². The first kappa shape index (κ1) is 16.7. The molecule has 1 aliphatic carbocycles. The van der Waals surface area contributed by atoms with Crippen molar-refractivity contribution in [3.05, 3.63) is 46.5 Å². The number of nitrogens with one attached hydrogen (secondary N) is 1. The Balaban J connectivity index is 1.36. The third kappa shape index (κ3) is 3.61. The van der Waals surface area contributed by atoms with Gasteiger partial charge in [-0.3, -0.25) is 9.69 Å². The minimum Gasteiger partial charge on any atom is -0.330 e. The van der Waals surface area contributed by atoms with Gasteiger partial charge in [-0.05, 0) is 37.3 Å². The topological polar surface area (TPSA) is 71.2 Å². The summed E-state index contributed by atoms with van der Waals surface area (Å²) in [6.45, 7) is 2.81. The van der Waals surface area contributed by atoms with Crippen molar-refractivity contribution in [2.75, 3.05) is 31.5 Å². The number of amides is 1. The van der Waals surface area contributed by atoms with Crippen molar-refractivity contribution in [2.45, 2.75) is 25.2 Å². The third-order valence-electron chi connectivity index (χ3n) is 5.26. The summed E-state index contributed by atoms with van der Waals surface area (Å²) in [5.74, 6) is 0.832. The van der Waals surface area contributed by atoms with E-state index in [0.29, 0.717) is 24.9 Å². The number of aryl methyl sites for hydroxylation is 2. The largest absolute Gasteiger partial charge is 0.330 e. The predicted octanol–water partition coefficient (Wildman–Crippen LogP) is 2.24. The SMILES string of the molecule is NC[C@@H]1CN(CC(=O)Nc2nc3c(s2)CCC3)C[C@H]1c1ccccc1. The predicted molar refractivity (Wildman–Crippen MR) is 101 cm³/mol. The summed E-state index contributed by atoms with van der Waals surface area (Å²) in [6.07, 6.45) is 3.34. The second kappa shape index (κ2) is 7.23. The zero-order valence-corrected chi connectivity index (χ0v) is 15.1. The maximum atomic E-state index is 12.4. The molecule has 0 radical (unpaired) electrons. The van der Waals surface area contributed by atoms with Crippen molar-refractivity contribution in [2.24, 2.45) is 11.7 Å². The lowest BCUT2D eigenvalue weighted by Crippen LogP contribution is -2.32. The molecule has 2 aliphatic rings. The first-order valence-corrected chi connectivity index (χ1v) is 9.80. The van der Waals surface area contributed by atoms with Gasteiger partial charge in [-0.2, -0.15) is 0 Å². The molecular weight excluding hydrogens is 332 g/mol. The van der Waals surface area contributed by atoms with Crippen LogP contribution in [0, 0.1) is 5.92 Å². The van der Waals surface area contributed by atoms with Crippen molar-refractivity contribution < 1.29 is 4.79 Å². The first-order chi connectivity index (χ1) is 12.2. The number of anilines is 1. The third-order valence-corrected chi connectivity index (χ3v) is 6.33. The summed E-state index contributed by atoms with van der Waals surface area (Å²) in [5, 5.41) is 3.73. The Morgan fingerprint density at radius 3 is 2.88 bits per heavy atom. The molecule has 132 valence electrons. The molecule has 5 nitrogen and oxygen atoms in total. The standard InChI is InChI=1S/C19H24N4OS/c20-9-14-10-23(11-15(14)13-5-2-1-3-6-13)12-18(24)22-19-21-16-7-4-8-17(16)25-19/h1-3,5-6,14-15H,4,7-12,20H2,(H,21,22,24)/t14-,15+/m1/s1. The van der Waals surface area contributed by atoms with Crippen molar-refractivity contribution in [1.82, 2.24) is 9.88 Å². The molecule has 2 heterocycles. The zero-order chi connectivity index (χ0) is 17.2. The summed E-state index contributed by atoms with van der Waals surface area (Å²) in [7, 11) is 0. The number of hydrogen-bond acceptors (Lipinski definition) is 5. The number of nitrogens with two attached hydrogens (primary N) is 1. The molecule has 1 aromatic carbocycles. The maximum absolute atomic E-state index is 12.4. The number of nitrogens with zero attached hydrogens (tertiary/aromatic N) is 2. The molecule has 1 saturated heterocycles. The monoisotopic (exact) mass is 356 g/mol. The molecule has 2 atom stereocenters. The molecule has 4 rings (SSSR count). The summed E-state index contributed by atoms with van der Waals surface area (Å²) < 4.78 is 0. The Hall–Kier alpha value is -1.76. The first-order valence-electron chi connectivity index (χ1n) is 8.98. The highest BCUT2D eigenvalue weighted by molar-refractivity contribution is 7.15. The zero-order valence-electron chi connectivity index (χ0n) is 14.3. The van der Waals surface area contributed by atoms with E-state index in [0.717, 1.165) is 31.1 Å². The van der Waals surface area contributed by atoms with E-state index in [2.05, 4.69) is 39.5 Å². The highest BCUT2D eigenvalue weighted by atomic mass is 32.1. The van der Waals surface area contributed by atoms with Crippen LogP contribution in [0.25, 0.3) is 0 Å². The minimum atomic E-state index is 0.0249. The highest BCUT2D eigenvalue weighted by Crippen LogP contribution is 2.32. The van der Waals surface area contributed by atoms with E-state index >= 15 is 0 Å². The van der Waals surface area contributed by atoms with E-state index in [1.54, 1.807) is 11.3 Å². The van der Waals surface area contributed by atoms with E-state index in [1.165, 1.54) is 22.6 Å². The number of likely N-dealkylation sites (tertiary alicyclic amines) is 1. The smallest absolute Gasteiger partial charge is 0.240 e. The molecule has 1 aromatic heterocycles. The van der Waals surface area contributed by atoms with Crippen LogP contribution in [-0.2, 0) is 17.6 Å². The summed E-state index contributed by atoms with van der Waals surface area (Å²) in [4.78, 5) is 20.5. The van der Waals surface area contributed by atoms with Gasteiger partial charge in [-0.15, -0.1) is 11.3 Å². The molecule has 1 amide bonds. The number of rotatable bonds is 5. The Bertz CT molecular complexity index is 724. The Labute approximate surface area is 152 Å². The Morgan fingerprint density at radius 1 is 1.28 bits per heavy atom. The Kier molecular flexibility index (Phi) is 4.83. The van der Waals surface area contributed by atoms with Gasteiger partial charge in [0.1, 0.15) is 0 Å². The number of benzene rings is 1. The van der Waals surface area contributed by atoms with Crippen molar-refractivity contribution in [3.63, 3.8) is 0 Å². The van der Waals surface area contributed by atoms with Gasteiger partial charge < -0.3 is 11.1 Å². The van der Waals surface area contributed by atoms with E-state index in [1.807, 2.05) is 6.07 Å². The lowest BCUT2D eigenvalue weighted by Gasteiger charge is -2.16. The highest BCUT2D eigenvalue weighted by Gasteiger charge is 2.33. The van der Waals surface area contributed by atoms with Gasteiger partial charge in [0, 0.05) is 23.9 Å². The molecule has 1 fully saturated rings. The molecule has 2 aromatic rings. The van der Waals surface area contributed by atoms with Gasteiger partial charge in [-0.1, -0.05) is 30.3 Å². The quantitative estimate of drug-likeness (QED) is 0.862. The molecule has 1 aliphatic heterocycles. The fraction of sp³-hybridized carbons (Fsp3) is 0.474. The normalized spacial score (nSPS) is 22.9. The van der Waals surface area contributed by atoms with Crippen molar-refractivity contribution in [1.29, 1.82) is 0 Å². The number of carbonyl (C=O) groups excluding carboxylic acids is 1. The van der Waals surface area contributed by atoms with Crippen LogP contribution in [0.15, 0.2) is 30.3 Å². The summed E-state index contributed by atoms with van der Waals surface area (Å²) in [6, 6.07) is 10.5. The summed E-state index contributed by atoms with van der Waals surface area (Å²) in [5.41, 5.74) is 8.48. The molecule has 0 bridgehead atoms. The van der Waals surface area contributed by atoms with Crippen LogP contribution < -0.4 is 11.1 Å². The lowest BCUT2D eigenvalue weighted by atomic mass is 9.89. The van der Waals surface area contributed by atoms with Crippen LogP contribution in [0.3, 0.4) is 0 Å². The number of fused-ring (bicyclic) bond motifs is 1. The number of hydrogen-bond donors (Lipinski definition) is 2. The molecule has 25 heavy (non-hydrogen) atoms. The van der Waals surface area contributed by atoms with Gasteiger partial charge in [0.05, 0.1) is 12.2 Å². The molecular formula is C19H24N4OS. The fourth-order valence-electron chi connectivity index (χ4n) is 4.01. The molecule has 0 spiro atoms. The molecule has 0 saturated carbocycles. The maximum Gasteiger partial charge on any atom is 0.240 e. The average molecular weight is 356 g/mol. The van der Waals surface area contributed by atoms with Crippen LogP contribution >= 0.6 is 11.3 Å². The molecule has 0 unspecified atom stereocenters. The number of carbonyl (C=O) groups is 1. The van der Waals surface area contributed by atoms with Gasteiger partial charge in [0.25, 0.3) is 0 Å². The van der Waals surface area contributed by atoms with Crippen molar-refractivity contribution in [3.8, 4) is 0 Å². The van der Waals surface area contributed by atoms with Crippen LogP contribution in [0.1, 0.15) is 28.5 Å². The van der Waals surface area contributed by atoms with E-state index in [9.17, 15) is 4.79 Å². The number of aromatic nitrogens is 1. The van der Waals surface area contributed by atoms with Crippen molar-refractivity contribution >= 4 is 22.4 Å². The summed E-state index contributed by atoms with van der Waals surface area (Å²) >= 11 is 1.63. The van der Waals surface area contributed by atoms with Crippen LogP contribution in [0.2, 0.25) is 0 Å². The van der Waals surface area contributed by atoms with Gasteiger partial charge in [-0.25, -0.2) is 4.98 Å². The Morgan fingerprint density at radius 2 is 2.12 bits per heavy atom. The lowest BCUT2D eigenvalue weighted by molar-refractivity contribution is -0.117. The minimum absolute atomic E-state index is 0.0249. The second-order valence-corrected chi connectivity index (χ2v) is 8.08. The molecule has 3 N–H and O–H groups in total. The van der Waals surface area contributed by atoms with Gasteiger partial charge in [0.2, 0.25) is 5.91 Å². The van der Waals surface area contributed by atoms with E-state index < -0.39 is 0 Å². The fourth-order valence-corrected chi connectivity index (χ4v) is 5.08. The van der Waals surface area contributed by atoms with Crippen LogP contribution in [0.4, 0.5) is 5.13 Å². The van der Waals surface area contributed by atoms with Gasteiger partial charge >= 0.3 is 0 Å². The van der Waals surface area contributed by atoms with Crippen LogP contribution in [-0.4, -0.2) is 42.0 Å². The average Bonchev–Trinajstić information content (AvgIpc) is 3.30. The molecule has 6 heteroatoms. The van der Waals surface area contributed by atoms with E-state index in [-0.39, 0.29) is 5.91 Å². The van der Waals surface area contributed by atoms with Crippen LogP contribution in [0.5, 0.6) is 0 Å².